The third-order valence-electron chi connectivity index (χ3n) is 3.67. The molecular formula is C21H19N5O2. The molecule has 2 aromatic carbocycles. The maximum atomic E-state index is 12.5. The molecule has 1 heterocycles. The first-order valence-electron chi connectivity index (χ1n) is 8.71. The molecule has 2 N–H and O–H groups in total. The first-order chi connectivity index (χ1) is 13.5. The number of nitrogens with one attached hydrogen (secondary N) is 2. The van der Waals surface area contributed by atoms with Crippen LogP contribution in [0, 0.1) is 11.3 Å². The Morgan fingerprint density at radius 1 is 1.07 bits per heavy atom. The summed E-state index contributed by atoms with van der Waals surface area (Å²) < 4.78 is 5.70. The summed E-state index contributed by atoms with van der Waals surface area (Å²) in [4.78, 5) is 20.9. The van der Waals surface area contributed by atoms with E-state index in [0.717, 1.165) is 5.69 Å². The van der Waals surface area contributed by atoms with Crippen LogP contribution in [0.1, 0.15) is 29.9 Å². The van der Waals surface area contributed by atoms with Crippen molar-refractivity contribution < 1.29 is 9.53 Å². The number of anilines is 3. The Morgan fingerprint density at radius 2 is 1.82 bits per heavy atom. The summed E-state index contributed by atoms with van der Waals surface area (Å²) in [5.41, 5.74) is 2.10. The average molecular weight is 373 g/mol. The Bertz CT molecular complexity index is 993. The van der Waals surface area contributed by atoms with E-state index >= 15 is 0 Å². The van der Waals surface area contributed by atoms with Crippen LogP contribution in [0.4, 0.5) is 17.2 Å². The van der Waals surface area contributed by atoms with Gasteiger partial charge in [-0.25, -0.2) is 9.97 Å². The molecule has 0 unspecified atom stereocenters. The summed E-state index contributed by atoms with van der Waals surface area (Å²) >= 11 is 0. The molecular weight excluding hydrogens is 354 g/mol. The molecule has 1 aromatic heterocycles. The van der Waals surface area contributed by atoms with Crippen molar-refractivity contribution in [3.05, 3.63) is 72.2 Å². The number of rotatable bonds is 6. The van der Waals surface area contributed by atoms with Crippen LogP contribution in [0.15, 0.2) is 60.9 Å². The molecule has 0 fully saturated rings. The van der Waals surface area contributed by atoms with Crippen molar-refractivity contribution in [2.45, 2.75) is 20.0 Å². The third kappa shape index (κ3) is 4.83. The molecule has 1 amide bonds. The number of benzene rings is 2. The largest absolute Gasteiger partial charge is 0.489 e. The number of hydrogen-bond donors (Lipinski definition) is 2. The normalized spacial score (nSPS) is 10.2. The van der Waals surface area contributed by atoms with Crippen molar-refractivity contribution in [3.8, 4) is 11.8 Å². The lowest BCUT2D eigenvalue weighted by molar-refractivity contribution is 0.102. The zero-order valence-corrected chi connectivity index (χ0v) is 15.5. The van der Waals surface area contributed by atoms with Gasteiger partial charge in [-0.3, -0.25) is 4.79 Å². The molecule has 0 radical (unpaired) electrons. The Hall–Kier alpha value is -3.92. The van der Waals surface area contributed by atoms with Crippen LogP contribution >= 0.6 is 0 Å². The van der Waals surface area contributed by atoms with Crippen molar-refractivity contribution in [1.82, 2.24) is 9.97 Å². The summed E-state index contributed by atoms with van der Waals surface area (Å²) in [5.74, 6) is 0.708. The number of para-hydroxylation sites is 2. The van der Waals surface area contributed by atoms with Gasteiger partial charge in [-0.15, -0.1) is 0 Å². The smallest absolute Gasteiger partial charge is 0.275 e. The maximum Gasteiger partial charge on any atom is 0.275 e. The number of amides is 1. The van der Waals surface area contributed by atoms with E-state index in [1.165, 1.54) is 12.4 Å². The van der Waals surface area contributed by atoms with Gasteiger partial charge in [-0.05, 0) is 50.2 Å². The molecule has 7 nitrogen and oxygen atoms in total. The summed E-state index contributed by atoms with van der Waals surface area (Å²) in [6.45, 7) is 3.84. The fourth-order valence-corrected chi connectivity index (χ4v) is 2.40. The van der Waals surface area contributed by atoms with Crippen LogP contribution < -0.4 is 15.4 Å². The van der Waals surface area contributed by atoms with E-state index in [2.05, 4.69) is 26.7 Å². The average Bonchev–Trinajstić information content (AvgIpc) is 2.70. The second kappa shape index (κ2) is 8.64. The predicted octanol–water partition coefficient (Wildman–Crippen LogP) is 4.13. The topological polar surface area (TPSA) is 99.9 Å². The highest BCUT2D eigenvalue weighted by Gasteiger charge is 2.12. The number of carbonyl (C=O) groups is 1. The van der Waals surface area contributed by atoms with E-state index in [0.29, 0.717) is 22.8 Å². The quantitative estimate of drug-likeness (QED) is 0.674. The first kappa shape index (κ1) is 18.9. The minimum Gasteiger partial charge on any atom is -0.489 e. The van der Waals surface area contributed by atoms with Crippen molar-refractivity contribution >= 4 is 23.1 Å². The standard InChI is InChI=1S/C21H19N5O2/c1-14(2)28-19-6-4-3-5-17(19)26-21(27)18-12-24-20(13-23-18)25-16-9-7-15(11-22)8-10-16/h3-10,12-14H,1-2H3,(H,24,25)(H,26,27). The molecule has 7 heteroatoms. The van der Waals surface area contributed by atoms with E-state index in [1.54, 1.807) is 36.4 Å². The van der Waals surface area contributed by atoms with Crippen LogP contribution in [0.25, 0.3) is 0 Å². The summed E-state index contributed by atoms with van der Waals surface area (Å²) in [7, 11) is 0. The van der Waals surface area contributed by atoms with Gasteiger partial charge in [0.1, 0.15) is 17.3 Å². The molecule has 3 aromatic rings. The van der Waals surface area contributed by atoms with Gasteiger partial charge >= 0.3 is 0 Å². The highest BCUT2D eigenvalue weighted by molar-refractivity contribution is 6.03. The molecule has 0 aliphatic rings. The summed E-state index contributed by atoms with van der Waals surface area (Å²) in [6.07, 6.45) is 2.86. The van der Waals surface area contributed by atoms with Crippen LogP contribution in [0.3, 0.4) is 0 Å². The molecule has 3 rings (SSSR count). The van der Waals surface area contributed by atoms with Crippen LogP contribution in [-0.2, 0) is 0 Å². The SMILES string of the molecule is CC(C)Oc1ccccc1NC(=O)c1cnc(Nc2ccc(C#N)cc2)cn1. The van der Waals surface area contributed by atoms with Gasteiger partial charge in [0.25, 0.3) is 5.91 Å². The van der Waals surface area contributed by atoms with Crippen molar-refractivity contribution in [1.29, 1.82) is 5.26 Å². The molecule has 0 atom stereocenters. The first-order valence-corrected chi connectivity index (χ1v) is 8.71. The monoisotopic (exact) mass is 373 g/mol. The fourth-order valence-electron chi connectivity index (χ4n) is 2.40. The molecule has 140 valence electrons. The van der Waals surface area contributed by atoms with Gasteiger partial charge in [0, 0.05) is 5.69 Å². The number of hydrogen-bond acceptors (Lipinski definition) is 6. The van der Waals surface area contributed by atoms with Crippen molar-refractivity contribution in [3.63, 3.8) is 0 Å². The fraction of sp³-hybridized carbons (Fsp3) is 0.143. The maximum absolute atomic E-state index is 12.5. The highest BCUT2D eigenvalue weighted by Crippen LogP contribution is 2.25. The van der Waals surface area contributed by atoms with Crippen LogP contribution in [0.2, 0.25) is 0 Å². The Balaban J connectivity index is 1.68. The number of carbonyl (C=O) groups excluding carboxylic acids is 1. The second-order valence-corrected chi connectivity index (χ2v) is 6.22. The lowest BCUT2D eigenvalue weighted by Crippen LogP contribution is -2.16. The minimum atomic E-state index is -0.378. The number of nitriles is 1. The van der Waals surface area contributed by atoms with Gasteiger partial charge in [0.15, 0.2) is 0 Å². The molecule has 0 saturated carbocycles. The molecule has 0 bridgehead atoms. The Labute approximate surface area is 163 Å². The second-order valence-electron chi connectivity index (χ2n) is 6.22. The van der Waals surface area contributed by atoms with Gasteiger partial charge in [-0.1, -0.05) is 12.1 Å². The molecule has 0 saturated heterocycles. The number of ether oxygens (including phenoxy) is 1. The number of nitrogens with zero attached hydrogens (tertiary/aromatic N) is 3. The third-order valence-corrected chi connectivity index (χ3v) is 3.67. The van der Waals surface area contributed by atoms with E-state index < -0.39 is 0 Å². The van der Waals surface area contributed by atoms with Crippen molar-refractivity contribution in [2.75, 3.05) is 10.6 Å². The van der Waals surface area contributed by atoms with E-state index in [1.807, 2.05) is 26.0 Å². The minimum absolute atomic E-state index is 0.00886. The molecule has 28 heavy (non-hydrogen) atoms. The lowest BCUT2D eigenvalue weighted by Gasteiger charge is -2.14. The van der Waals surface area contributed by atoms with E-state index in [-0.39, 0.29) is 17.7 Å². The van der Waals surface area contributed by atoms with Crippen LogP contribution in [0.5, 0.6) is 5.75 Å². The van der Waals surface area contributed by atoms with Gasteiger partial charge < -0.3 is 15.4 Å². The number of aromatic nitrogens is 2. The summed E-state index contributed by atoms with van der Waals surface area (Å²) in [5, 5.41) is 14.7. The van der Waals surface area contributed by atoms with E-state index in [9.17, 15) is 4.79 Å². The Morgan fingerprint density at radius 3 is 2.46 bits per heavy atom. The Kier molecular flexibility index (Phi) is 5.82. The summed E-state index contributed by atoms with van der Waals surface area (Å²) in [6, 6.07) is 16.2. The zero-order chi connectivity index (χ0) is 19.9. The zero-order valence-electron chi connectivity index (χ0n) is 15.5. The van der Waals surface area contributed by atoms with Crippen LogP contribution in [-0.4, -0.2) is 22.0 Å². The van der Waals surface area contributed by atoms with Gasteiger partial charge in [-0.2, -0.15) is 5.26 Å². The van der Waals surface area contributed by atoms with Crippen molar-refractivity contribution in [2.24, 2.45) is 0 Å². The highest BCUT2D eigenvalue weighted by atomic mass is 16.5. The molecule has 0 aliphatic heterocycles. The predicted molar refractivity (Wildman–Crippen MR) is 107 cm³/mol. The molecule has 0 spiro atoms. The van der Waals surface area contributed by atoms with E-state index in [4.69, 9.17) is 10.00 Å². The molecule has 0 aliphatic carbocycles. The van der Waals surface area contributed by atoms with Gasteiger partial charge in [0.2, 0.25) is 0 Å². The lowest BCUT2D eigenvalue weighted by atomic mass is 10.2. The van der Waals surface area contributed by atoms with Gasteiger partial charge in [0.05, 0.1) is 35.8 Å².